The van der Waals surface area contributed by atoms with Gasteiger partial charge in [0.25, 0.3) is 23.6 Å². The van der Waals surface area contributed by atoms with Gasteiger partial charge in [-0.2, -0.15) is 0 Å². The fourth-order valence-electron chi connectivity index (χ4n) is 5.90. The number of carbonyl (C=O) groups is 4. The first-order valence-electron chi connectivity index (χ1n) is 14.9. The maximum absolute atomic E-state index is 12.7. The number of carbonyl (C=O) groups excluding carboxylic acids is 4. The summed E-state index contributed by atoms with van der Waals surface area (Å²) in [7, 11) is 9.48. The molecule has 10 nitrogen and oxygen atoms in total. The number of ether oxygens (including phenoxy) is 1. The van der Waals surface area contributed by atoms with Crippen LogP contribution in [0.5, 0.6) is 5.75 Å². The van der Waals surface area contributed by atoms with E-state index >= 15 is 0 Å². The molecule has 1 N–H and O–H groups in total. The van der Waals surface area contributed by atoms with Crippen LogP contribution in [-0.2, 0) is 0 Å². The molecule has 0 radical (unpaired) electrons. The van der Waals surface area contributed by atoms with Gasteiger partial charge in [-0.1, -0.05) is 50.7 Å². The van der Waals surface area contributed by atoms with Gasteiger partial charge in [0.1, 0.15) is 5.75 Å². The summed E-state index contributed by atoms with van der Waals surface area (Å²) >= 11 is 6.19. The van der Waals surface area contributed by atoms with Crippen LogP contribution >= 0.6 is 11.6 Å². The summed E-state index contributed by atoms with van der Waals surface area (Å²) in [6.07, 6.45) is 1.51. The summed E-state index contributed by atoms with van der Waals surface area (Å²) in [4.78, 5) is 57.5. The van der Waals surface area contributed by atoms with Gasteiger partial charge in [-0.25, -0.2) is 0 Å². The van der Waals surface area contributed by atoms with Crippen molar-refractivity contribution in [1.82, 2.24) is 19.6 Å². The molecule has 274 valence electrons. The molecule has 0 aliphatic carbocycles. The van der Waals surface area contributed by atoms with E-state index in [1.165, 1.54) is 9.80 Å². The maximum atomic E-state index is 12.7. The average molecular weight is 775 g/mol. The fraction of sp³-hybridized carbons (Fsp3) is 0.342. The summed E-state index contributed by atoms with van der Waals surface area (Å²) in [5.41, 5.74) is 2.25. The Hall–Kier alpha value is -2.06. The molecular weight excluding hydrogens is 725 g/mol. The number of amides is 4. The molecule has 0 saturated heterocycles. The number of benzene rings is 4. The molecule has 4 aromatic rings. The van der Waals surface area contributed by atoms with Gasteiger partial charge in [-0.15, -0.1) is 0 Å². The molecule has 0 atom stereocenters. The van der Waals surface area contributed by atoms with Crippen molar-refractivity contribution in [2.75, 3.05) is 61.5 Å². The normalized spacial score (nSPS) is 12.2. The summed E-state index contributed by atoms with van der Waals surface area (Å²) < 4.78 is 5.35. The van der Waals surface area contributed by atoms with Gasteiger partial charge in [0.05, 0.1) is 7.11 Å². The van der Waals surface area contributed by atoms with Gasteiger partial charge in [0.2, 0.25) is 0 Å². The van der Waals surface area contributed by atoms with Crippen LogP contribution < -0.4 is 76.3 Å². The van der Waals surface area contributed by atoms with Gasteiger partial charge >= 0.3 is 59.1 Å². The second-order valence-electron chi connectivity index (χ2n) is 11.7. The molecule has 4 amide bonds. The Morgan fingerprint density at radius 2 is 0.981 bits per heavy atom. The van der Waals surface area contributed by atoms with Crippen molar-refractivity contribution in [1.29, 1.82) is 0 Å². The van der Waals surface area contributed by atoms with Crippen LogP contribution in [0.2, 0.25) is 5.02 Å². The van der Waals surface area contributed by atoms with Crippen molar-refractivity contribution in [3.63, 3.8) is 0 Å². The fourth-order valence-corrected chi connectivity index (χ4v) is 6.12. The van der Waals surface area contributed by atoms with E-state index in [2.05, 4.69) is 0 Å². The van der Waals surface area contributed by atoms with E-state index in [1.54, 1.807) is 49.6 Å². The monoisotopic (exact) mass is 773 g/mol. The van der Waals surface area contributed by atoms with Gasteiger partial charge in [-0.3, -0.25) is 29.0 Å². The minimum Gasteiger partial charge on any atom is -1.00 e. The molecule has 14 heteroatoms. The number of hydrogen-bond donors (Lipinski definition) is 0. The molecule has 0 bridgehead atoms. The molecule has 2 heterocycles. The molecule has 0 fully saturated rings. The zero-order valence-electron chi connectivity index (χ0n) is 30.0. The predicted octanol–water partition coefficient (Wildman–Crippen LogP) is -2.01. The Balaban J connectivity index is -0.000000814. The number of imide groups is 2. The molecule has 0 aromatic heterocycles. The second kappa shape index (κ2) is 23.7. The second-order valence-corrected chi connectivity index (χ2v) is 12.1. The number of halogens is 2. The van der Waals surface area contributed by atoms with E-state index < -0.39 is 0 Å². The van der Waals surface area contributed by atoms with Crippen molar-refractivity contribution in [2.24, 2.45) is 0 Å². The van der Waals surface area contributed by atoms with E-state index in [-0.39, 0.29) is 123 Å². The molecule has 4 aromatic carbocycles. The van der Waals surface area contributed by atoms with E-state index in [1.807, 2.05) is 56.2 Å². The molecule has 0 unspecified atom stereocenters. The minimum atomic E-state index is -0.232. The Bertz CT molecular complexity index is 1800. The standard InChI is InChI=1S/C18H20N2O3.C17H17ClN2O2.2CH4.CH3.ClH.2Na.H2O/c1-19(2)10-5-11-20-17(21)13-7-4-6-12-15(23-3)9-8-14(16(12)13)18(20)22;1-19(2)9-4-10-20-16(21)12-6-3-5-11-14(18)8-7-13(15(11)12)17(20)22;;;;;;;/h4,6-9H,5,10-11H2,1-3H3;3,5-8H,4,9-10H2,1-2H3;2*1H4;1H3;1H;;;1H2/q;;;;-1;;2*+1;/p-2. The quantitative estimate of drug-likeness (QED) is 0.109. The van der Waals surface area contributed by atoms with Crippen LogP contribution in [0.15, 0.2) is 60.7 Å². The molecule has 6 rings (SSSR count). The van der Waals surface area contributed by atoms with Crippen LogP contribution in [0.1, 0.15) is 69.1 Å². The summed E-state index contributed by atoms with van der Waals surface area (Å²) in [5.74, 6) is -0.235. The summed E-state index contributed by atoms with van der Waals surface area (Å²) in [6, 6.07) is 17.8. The first kappa shape index (κ1) is 54.3. The van der Waals surface area contributed by atoms with Crippen molar-refractivity contribution in [3.05, 3.63) is 95.4 Å². The van der Waals surface area contributed by atoms with Crippen molar-refractivity contribution >= 4 is 56.8 Å². The molecule has 52 heavy (non-hydrogen) atoms. The molecular formula is C38H49Cl2N4Na2O6-. The van der Waals surface area contributed by atoms with E-state index in [9.17, 15) is 19.2 Å². The predicted molar refractivity (Wildman–Crippen MR) is 198 cm³/mol. The number of rotatable bonds is 9. The third-order valence-electron chi connectivity index (χ3n) is 8.08. The third-order valence-corrected chi connectivity index (χ3v) is 8.41. The minimum absolute atomic E-state index is 0. The van der Waals surface area contributed by atoms with Crippen molar-refractivity contribution in [2.45, 2.75) is 27.7 Å². The SMILES string of the molecule is C.C.CN(C)CCCN1C(=O)c2cccc3c(Cl)ccc(c23)C1=O.COc1ccc2c3c(cccc13)C(=O)N(CCCN(C)C)C2=O.[CH3-].[Cl-].[Na+].[Na+].[OH-]. The number of methoxy groups -OCH3 is 1. The molecule has 2 aliphatic rings. The summed E-state index contributed by atoms with van der Waals surface area (Å²) in [5, 5.41) is 3.49. The molecule has 0 spiro atoms. The largest absolute Gasteiger partial charge is 1.00 e. The Labute approximate surface area is 364 Å². The van der Waals surface area contributed by atoms with Gasteiger partial charge in [0, 0.05) is 61.9 Å². The first-order valence-corrected chi connectivity index (χ1v) is 15.3. The van der Waals surface area contributed by atoms with Crippen LogP contribution in [-0.4, -0.2) is 110 Å². The van der Waals surface area contributed by atoms with Crippen molar-refractivity contribution < 1.29 is 101 Å². The van der Waals surface area contributed by atoms with Gasteiger partial charge in [-0.05, 0) is 90.5 Å². The third kappa shape index (κ3) is 11.0. The number of hydrogen-bond acceptors (Lipinski definition) is 8. The zero-order chi connectivity index (χ0) is 32.4. The van der Waals surface area contributed by atoms with Crippen molar-refractivity contribution in [3.8, 4) is 5.75 Å². The summed E-state index contributed by atoms with van der Waals surface area (Å²) in [6.45, 7) is 2.51. The average Bonchev–Trinajstić information content (AvgIpc) is 3.02. The van der Waals surface area contributed by atoms with Crippen LogP contribution in [0.4, 0.5) is 0 Å². The molecule has 0 saturated carbocycles. The zero-order valence-corrected chi connectivity index (χ0v) is 35.6. The van der Waals surface area contributed by atoms with Gasteiger partial charge < -0.3 is 39.8 Å². The maximum Gasteiger partial charge on any atom is 1.00 e. The topological polar surface area (TPSA) is 120 Å². The smallest absolute Gasteiger partial charge is 1.00 e. The Morgan fingerprint density at radius 1 is 0.615 bits per heavy atom. The number of nitrogens with zero attached hydrogens (tertiary/aromatic N) is 4. The van der Waals surface area contributed by atoms with Crippen LogP contribution in [0.3, 0.4) is 0 Å². The van der Waals surface area contributed by atoms with E-state index in [4.69, 9.17) is 16.3 Å². The Kier molecular flexibility index (Phi) is 24.7. The molecule has 2 aliphatic heterocycles. The first-order chi connectivity index (χ1) is 21.5. The van der Waals surface area contributed by atoms with E-state index in [0.29, 0.717) is 56.9 Å². The van der Waals surface area contributed by atoms with Crippen LogP contribution in [0, 0.1) is 7.43 Å². The van der Waals surface area contributed by atoms with E-state index in [0.717, 1.165) is 36.7 Å². The Morgan fingerprint density at radius 3 is 1.38 bits per heavy atom. The van der Waals surface area contributed by atoms with Crippen LogP contribution in [0.25, 0.3) is 21.5 Å². The van der Waals surface area contributed by atoms with Gasteiger partial charge in [0.15, 0.2) is 0 Å².